The lowest BCUT2D eigenvalue weighted by molar-refractivity contribution is -0.137. The third kappa shape index (κ3) is 5.87. The van der Waals surface area contributed by atoms with Crippen LogP contribution >= 0.6 is 15.9 Å². The van der Waals surface area contributed by atoms with Gasteiger partial charge in [0.1, 0.15) is 5.75 Å². The quantitative estimate of drug-likeness (QED) is 0.356. The lowest BCUT2D eigenvalue weighted by Crippen LogP contribution is -2.29. The molecule has 6 heteroatoms. The maximum absolute atomic E-state index is 12.8. The number of hydrogen-bond donors (Lipinski definition) is 0. The molecule has 1 aliphatic rings. The van der Waals surface area contributed by atoms with Gasteiger partial charge in [-0.25, -0.2) is 0 Å². The first kappa shape index (κ1) is 23.6. The summed E-state index contributed by atoms with van der Waals surface area (Å²) in [6.07, 6.45) is 0.530. The summed E-state index contributed by atoms with van der Waals surface area (Å²) in [5, 5.41) is 0. The van der Waals surface area contributed by atoms with Crippen molar-refractivity contribution in [3.8, 4) is 5.75 Å². The molecule has 2 nitrogen and oxygen atoms in total. The van der Waals surface area contributed by atoms with Crippen molar-refractivity contribution in [3.05, 3.63) is 105 Å². The summed E-state index contributed by atoms with van der Waals surface area (Å²) in [7, 11) is 1.69. The Hall–Kier alpha value is -2.57. The van der Waals surface area contributed by atoms with Gasteiger partial charge in [0.15, 0.2) is 0 Å². The van der Waals surface area contributed by atoms with Gasteiger partial charge in [-0.3, -0.25) is 4.90 Å². The van der Waals surface area contributed by atoms with E-state index in [9.17, 15) is 13.2 Å². The molecule has 0 N–H and O–H groups in total. The second kappa shape index (κ2) is 10.1. The molecule has 0 aliphatic carbocycles. The number of methoxy groups -OCH3 is 1. The van der Waals surface area contributed by atoms with Gasteiger partial charge in [-0.15, -0.1) is 0 Å². The Balaban J connectivity index is 1.53. The van der Waals surface area contributed by atoms with Gasteiger partial charge in [0.05, 0.1) is 12.7 Å². The van der Waals surface area contributed by atoms with Crippen LogP contribution in [0.3, 0.4) is 0 Å². The van der Waals surface area contributed by atoms with E-state index in [1.807, 2.05) is 18.2 Å². The van der Waals surface area contributed by atoms with E-state index in [2.05, 4.69) is 57.2 Å². The van der Waals surface area contributed by atoms with Crippen LogP contribution in [0.2, 0.25) is 0 Å². The molecule has 0 radical (unpaired) electrons. The molecule has 1 atom stereocenters. The van der Waals surface area contributed by atoms with Crippen LogP contribution in [-0.4, -0.2) is 31.6 Å². The van der Waals surface area contributed by atoms with Crippen molar-refractivity contribution in [1.29, 1.82) is 0 Å². The number of ether oxygens (including phenoxy) is 1. The van der Waals surface area contributed by atoms with E-state index in [1.165, 1.54) is 28.8 Å². The minimum absolute atomic E-state index is 0.199. The van der Waals surface area contributed by atoms with E-state index in [-0.39, 0.29) is 5.92 Å². The Kier molecular flexibility index (Phi) is 7.25. The molecule has 0 fully saturated rings. The largest absolute Gasteiger partial charge is 0.497 e. The number of hydrogen-bond acceptors (Lipinski definition) is 2. The van der Waals surface area contributed by atoms with Gasteiger partial charge in [-0.2, -0.15) is 13.2 Å². The highest BCUT2D eigenvalue weighted by molar-refractivity contribution is 9.10. The van der Waals surface area contributed by atoms with Crippen LogP contribution in [0.1, 0.15) is 33.7 Å². The molecule has 172 valence electrons. The first-order chi connectivity index (χ1) is 15.8. The Labute approximate surface area is 200 Å². The zero-order chi connectivity index (χ0) is 23.4. The summed E-state index contributed by atoms with van der Waals surface area (Å²) in [4.78, 5) is 2.39. The topological polar surface area (TPSA) is 12.5 Å². The molecule has 0 bridgehead atoms. The minimum atomic E-state index is -4.31. The molecule has 3 aromatic carbocycles. The number of alkyl halides is 3. The normalized spacial score (nSPS) is 17.1. The Morgan fingerprint density at radius 2 is 1.76 bits per heavy atom. The fraction of sp³-hybridized carbons (Fsp3) is 0.259. The molecular formula is C27H25BrF3NO. The van der Waals surface area contributed by atoms with Crippen LogP contribution in [0.5, 0.6) is 5.75 Å². The van der Waals surface area contributed by atoms with Gasteiger partial charge in [-0.05, 0) is 65.1 Å². The summed E-state index contributed by atoms with van der Waals surface area (Å²) in [5.41, 5.74) is 3.98. The first-order valence-electron chi connectivity index (χ1n) is 10.8. The molecule has 0 aromatic heterocycles. The first-order valence-corrected chi connectivity index (χ1v) is 11.6. The molecule has 33 heavy (non-hydrogen) atoms. The SMILES string of the molecule is COc1ccc2c(c1)C(c1ccc(Br)cc1)CN(C/C=C/c1ccc(C(F)(F)F)cc1)CC2. The Morgan fingerprint density at radius 1 is 1.03 bits per heavy atom. The van der Waals surface area contributed by atoms with Crippen LogP contribution in [0.25, 0.3) is 6.08 Å². The van der Waals surface area contributed by atoms with Gasteiger partial charge in [0, 0.05) is 30.0 Å². The predicted octanol–water partition coefficient (Wildman–Crippen LogP) is 7.18. The molecule has 0 saturated heterocycles. The summed E-state index contributed by atoms with van der Waals surface area (Å²) in [6.45, 7) is 2.47. The highest BCUT2D eigenvalue weighted by Gasteiger charge is 2.30. The summed E-state index contributed by atoms with van der Waals surface area (Å²) >= 11 is 3.52. The maximum atomic E-state index is 12.8. The highest BCUT2D eigenvalue weighted by Crippen LogP contribution is 2.34. The standard InChI is InChI=1S/C27H25BrF3NO/c1-33-24-13-8-21-14-16-32(15-2-3-19-4-9-22(10-5-19)27(29,30)31)18-26(25(21)17-24)20-6-11-23(28)12-7-20/h2-13,17,26H,14-16,18H2,1H3/b3-2+. The molecule has 0 saturated carbocycles. The molecule has 1 heterocycles. The minimum Gasteiger partial charge on any atom is -0.497 e. The molecular weight excluding hydrogens is 491 g/mol. The highest BCUT2D eigenvalue weighted by atomic mass is 79.9. The van der Waals surface area contributed by atoms with Crippen molar-refractivity contribution in [2.24, 2.45) is 0 Å². The van der Waals surface area contributed by atoms with Crippen molar-refractivity contribution < 1.29 is 17.9 Å². The third-order valence-electron chi connectivity index (χ3n) is 6.05. The molecule has 1 unspecified atom stereocenters. The molecule has 0 spiro atoms. The van der Waals surface area contributed by atoms with E-state index in [4.69, 9.17) is 4.74 Å². The average Bonchev–Trinajstić information content (AvgIpc) is 2.98. The van der Waals surface area contributed by atoms with Crippen molar-refractivity contribution in [2.45, 2.75) is 18.5 Å². The van der Waals surface area contributed by atoms with Crippen molar-refractivity contribution in [1.82, 2.24) is 4.90 Å². The molecule has 0 amide bonds. The van der Waals surface area contributed by atoms with E-state index in [0.717, 1.165) is 54.0 Å². The fourth-order valence-electron chi connectivity index (χ4n) is 4.25. The fourth-order valence-corrected chi connectivity index (χ4v) is 4.51. The zero-order valence-electron chi connectivity index (χ0n) is 18.3. The van der Waals surface area contributed by atoms with Gasteiger partial charge < -0.3 is 4.74 Å². The number of fused-ring (bicyclic) bond motifs is 1. The van der Waals surface area contributed by atoms with E-state index < -0.39 is 11.7 Å². The smallest absolute Gasteiger partial charge is 0.416 e. The van der Waals surface area contributed by atoms with Crippen LogP contribution < -0.4 is 4.74 Å². The van der Waals surface area contributed by atoms with Crippen LogP contribution in [0, 0.1) is 0 Å². The van der Waals surface area contributed by atoms with Crippen LogP contribution in [0.4, 0.5) is 13.2 Å². The van der Waals surface area contributed by atoms with Crippen LogP contribution in [-0.2, 0) is 12.6 Å². The third-order valence-corrected chi connectivity index (χ3v) is 6.58. The van der Waals surface area contributed by atoms with E-state index in [0.29, 0.717) is 0 Å². The zero-order valence-corrected chi connectivity index (χ0v) is 19.9. The lowest BCUT2D eigenvalue weighted by atomic mass is 9.88. The summed E-state index contributed by atoms with van der Waals surface area (Å²) < 4.78 is 44.9. The van der Waals surface area contributed by atoms with Gasteiger partial charge in [0.25, 0.3) is 0 Å². The predicted molar refractivity (Wildman–Crippen MR) is 130 cm³/mol. The second-order valence-electron chi connectivity index (χ2n) is 8.20. The molecule has 3 aromatic rings. The second-order valence-corrected chi connectivity index (χ2v) is 9.12. The summed E-state index contributed by atoms with van der Waals surface area (Å²) in [5.74, 6) is 1.05. The average molecular weight is 516 g/mol. The van der Waals surface area contributed by atoms with Crippen molar-refractivity contribution >= 4 is 22.0 Å². The Morgan fingerprint density at radius 3 is 2.42 bits per heavy atom. The van der Waals surface area contributed by atoms with Crippen molar-refractivity contribution in [2.75, 3.05) is 26.7 Å². The molecule has 1 aliphatic heterocycles. The number of nitrogens with zero attached hydrogens (tertiary/aromatic N) is 1. The van der Waals surface area contributed by atoms with Gasteiger partial charge in [0.2, 0.25) is 0 Å². The van der Waals surface area contributed by atoms with E-state index >= 15 is 0 Å². The van der Waals surface area contributed by atoms with E-state index in [1.54, 1.807) is 7.11 Å². The van der Waals surface area contributed by atoms with Gasteiger partial charge >= 0.3 is 6.18 Å². The van der Waals surface area contributed by atoms with Gasteiger partial charge in [-0.1, -0.05) is 58.4 Å². The lowest BCUT2D eigenvalue weighted by Gasteiger charge is -2.24. The number of benzene rings is 3. The number of halogens is 4. The molecule has 4 rings (SSSR count). The Bertz CT molecular complexity index is 1110. The summed E-state index contributed by atoms with van der Waals surface area (Å²) in [6, 6.07) is 20.0. The van der Waals surface area contributed by atoms with Crippen molar-refractivity contribution in [3.63, 3.8) is 0 Å². The monoisotopic (exact) mass is 515 g/mol. The van der Waals surface area contributed by atoms with Crippen LogP contribution in [0.15, 0.2) is 77.3 Å². The number of rotatable bonds is 5. The maximum Gasteiger partial charge on any atom is 0.416 e.